The molecule has 2 aromatic rings. The highest BCUT2D eigenvalue weighted by Crippen LogP contribution is 2.25. The number of para-hydroxylation sites is 1. The Morgan fingerprint density at radius 1 is 1.32 bits per heavy atom. The molecule has 0 aliphatic heterocycles. The predicted octanol–water partition coefficient (Wildman–Crippen LogP) is 3.57. The molecular weight excluding hydrogens is 236 g/mol. The molecule has 0 radical (unpaired) electrons. The van der Waals surface area contributed by atoms with E-state index in [0.717, 1.165) is 36.0 Å². The zero-order valence-electron chi connectivity index (χ0n) is 11.4. The van der Waals surface area contributed by atoms with E-state index in [1.54, 1.807) is 0 Å². The van der Waals surface area contributed by atoms with E-state index >= 15 is 0 Å². The minimum absolute atomic E-state index is 0.144. The molecule has 3 nitrogen and oxygen atoms in total. The van der Waals surface area contributed by atoms with Gasteiger partial charge in [-0.3, -0.25) is 4.79 Å². The van der Waals surface area contributed by atoms with Crippen LogP contribution in [0.15, 0.2) is 30.3 Å². The highest BCUT2D eigenvalue weighted by atomic mass is 16.2. The van der Waals surface area contributed by atoms with Crippen molar-refractivity contribution in [2.24, 2.45) is 0 Å². The Morgan fingerprint density at radius 3 is 2.74 bits per heavy atom. The highest BCUT2D eigenvalue weighted by molar-refractivity contribution is 5.98. The lowest BCUT2D eigenvalue weighted by molar-refractivity contribution is 0.0688. The number of rotatable bonds is 3. The Kier molecular flexibility index (Phi) is 3.28. The molecule has 3 heteroatoms. The van der Waals surface area contributed by atoms with E-state index in [1.807, 2.05) is 35.2 Å². The van der Waals surface area contributed by atoms with Gasteiger partial charge in [-0.2, -0.15) is 0 Å². The van der Waals surface area contributed by atoms with Crippen LogP contribution in [0.4, 0.5) is 0 Å². The Labute approximate surface area is 113 Å². The van der Waals surface area contributed by atoms with Crippen LogP contribution >= 0.6 is 0 Å². The number of benzene rings is 1. The molecule has 1 aromatic heterocycles. The second kappa shape index (κ2) is 5.08. The van der Waals surface area contributed by atoms with Crippen LogP contribution in [-0.2, 0) is 0 Å². The van der Waals surface area contributed by atoms with Gasteiger partial charge in [-0.1, -0.05) is 31.0 Å². The summed E-state index contributed by atoms with van der Waals surface area (Å²) in [5.41, 5.74) is 1.75. The van der Waals surface area contributed by atoms with Crippen LogP contribution in [0, 0.1) is 0 Å². The van der Waals surface area contributed by atoms with Gasteiger partial charge in [0.1, 0.15) is 5.69 Å². The molecule has 1 amide bonds. The van der Waals surface area contributed by atoms with Gasteiger partial charge in [0, 0.05) is 23.5 Å². The van der Waals surface area contributed by atoms with Crippen LogP contribution in [0.3, 0.4) is 0 Å². The number of H-pyrrole nitrogens is 1. The van der Waals surface area contributed by atoms with Crippen LogP contribution in [0.1, 0.15) is 43.1 Å². The number of hydrogen-bond donors (Lipinski definition) is 1. The smallest absolute Gasteiger partial charge is 0.270 e. The van der Waals surface area contributed by atoms with Crippen molar-refractivity contribution in [1.29, 1.82) is 0 Å². The lowest BCUT2D eigenvalue weighted by Crippen LogP contribution is -2.38. The number of aromatic amines is 1. The van der Waals surface area contributed by atoms with Crippen molar-refractivity contribution in [1.82, 2.24) is 9.88 Å². The number of carbonyl (C=O) groups excluding carboxylic acids is 1. The molecule has 1 aliphatic rings. The summed E-state index contributed by atoms with van der Waals surface area (Å²) in [6.45, 7) is 2.86. The zero-order chi connectivity index (χ0) is 13.2. The number of aromatic nitrogens is 1. The van der Waals surface area contributed by atoms with Gasteiger partial charge in [0.15, 0.2) is 0 Å². The van der Waals surface area contributed by atoms with Gasteiger partial charge in [0.25, 0.3) is 5.91 Å². The molecule has 1 N–H and O–H groups in total. The van der Waals surface area contributed by atoms with Crippen LogP contribution in [0.25, 0.3) is 10.9 Å². The van der Waals surface area contributed by atoms with E-state index in [2.05, 4.69) is 11.9 Å². The Hall–Kier alpha value is -1.77. The first kappa shape index (κ1) is 12.3. The molecule has 1 aliphatic carbocycles. The number of nitrogens with one attached hydrogen (secondary N) is 1. The molecule has 3 rings (SSSR count). The van der Waals surface area contributed by atoms with Gasteiger partial charge >= 0.3 is 0 Å². The molecule has 0 saturated heterocycles. The minimum atomic E-state index is 0.144. The Balaban J connectivity index is 1.88. The van der Waals surface area contributed by atoms with Crippen LogP contribution in [0.2, 0.25) is 0 Å². The van der Waals surface area contributed by atoms with Crippen molar-refractivity contribution in [3.63, 3.8) is 0 Å². The molecule has 0 bridgehead atoms. The highest BCUT2D eigenvalue weighted by Gasteiger charge is 2.26. The van der Waals surface area contributed by atoms with Gasteiger partial charge in [-0.15, -0.1) is 0 Å². The van der Waals surface area contributed by atoms with Crippen molar-refractivity contribution >= 4 is 16.8 Å². The maximum absolute atomic E-state index is 12.6. The normalized spacial score (nSPS) is 16.1. The minimum Gasteiger partial charge on any atom is -0.351 e. The van der Waals surface area contributed by atoms with E-state index in [1.165, 1.54) is 12.8 Å². The van der Waals surface area contributed by atoms with E-state index in [0.29, 0.717) is 6.04 Å². The molecule has 100 valence electrons. The second-order valence-corrected chi connectivity index (χ2v) is 5.30. The summed E-state index contributed by atoms with van der Waals surface area (Å²) in [6, 6.07) is 10.4. The molecule has 1 heterocycles. The largest absolute Gasteiger partial charge is 0.351 e. The average Bonchev–Trinajstić information content (AvgIpc) is 3.08. The lowest BCUT2D eigenvalue weighted by Gasteiger charge is -2.27. The van der Waals surface area contributed by atoms with Crippen molar-refractivity contribution < 1.29 is 4.79 Å². The van der Waals surface area contributed by atoms with Crippen LogP contribution < -0.4 is 0 Å². The van der Waals surface area contributed by atoms with Gasteiger partial charge in [0.2, 0.25) is 0 Å². The first-order valence-electron chi connectivity index (χ1n) is 7.18. The maximum atomic E-state index is 12.6. The topological polar surface area (TPSA) is 36.1 Å². The number of amides is 1. The molecule has 19 heavy (non-hydrogen) atoms. The first-order valence-corrected chi connectivity index (χ1v) is 7.18. The van der Waals surface area contributed by atoms with Gasteiger partial charge < -0.3 is 9.88 Å². The standard InChI is InChI=1S/C16H20N2O/c1-2-18(13-8-4-5-9-13)16(19)15-11-12-7-3-6-10-14(12)17-15/h3,6-7,10-11,13,17H,2,4-5,8-9H2,1H3. The summed E-state index contributed by atoms with van der Waals surface area (Å²) in [5, 5.41) is 1.10. The third-order valence-electron chi connectivity index (χ3n) is 4.13. The van der Waals surface area contributed by atoms with E-state index in [4.69, 9.17) is 0 Å². The molecule has 0 spiro atoms. The van der Waals surface area contributed by atoms with Crippen molar-refractivity contribution in [3.8, 4) is 0 Å². The number of nitrogens with zero attached hydrogens (tertiary/aromatic N) is 1. The number of fused-ring (bicyclic) bond motifs is 1. The van der Waals surface area contributed by atoms with Gasteiger partial charge in [-0.25, -0.2) is 0 Å². The Morgan fingerprint density at radius 2 is 2.05 bits per heavy atom. The van der Waals surface area contributed by atoms with E-state index in [9.17, 15) is 4.79 Å². The summed E-state index contributed by atoms with van der Waals surface area (Å²) in [4.78, 5) is 17.9. The van der Waals surface area contributed by atoms with Gasteiger partial charge in [-0.05, 0) is 31.9 Å². The fraction of sp³-hybridized carbons (Fsp3) is 0.438. The molecule has 0 unspecified atom stereocenters. The van der Waals surface area contributed by atoms with Crippen molar-refractivity contribution in [2.45, 2.75) is 38.6 Å². The fourth-order valence-corrected chi connectivity index (χ4v) is 3.13. The molecular formula is C16H20N2O. The van der Waals surface area contributed by atoms with Crippen LogP contribution in [-0.4, -0.2) is 28.4 Å². The summed E-state index contributed by atoms with van der Waals surface area (Å²) in [7, 11) is 0. The lowest BCUT2D eigenvalue weighted by atomic mass is 10.2. The van der Waals surface area contributed by atoms with Crippen molar-refractivity contribution in [2.75, 3.05) is 6.54 Å². The monoisotopic (exact) mass is 256 g/mol. The van der Waals surface area contributed by atoms with E-state index < -0.39 is 0 Å². The SMILES string of the molecule is CCN(C(=O)c1cc2ccccc2[nH]1)C1CCCC1. The first-order chi connectivity index (χ1) is 9.29. The van der Waals surface area contributed by atoms with Crippen LogP contribution in [0.5, 0.6) is 0 Å². The third kappa shape index (κ3) is 2.25. The number of hydrogen-bond acceptors (Lipinski definition) is 1. The summed E-state index contributed by atoms with van der Waals surface area (Å²) >= 11 is 0. The Bertz CT molecular complexity index is 548. The zero-order valence-corrected chi connectivity index (χ0v) is 11.4. The van der Waals surface area contributed by atoms with Crippen molar-refractivity contribution in [3.05, 3.63) is 36.0 Å². The summed E-state index contributed by atoms with van der Waals surface area (Å²) in [5.74, 6) is 0.144. The summed E-state index contributed by atoms with van der Waals surface area (Å²) < 4.78 is 0. The third-order valence-corrected chi connectivity index (χ3v) is 4.13. The number of carbonyl (C=O) groups is 1. The van der Waals surface area contributed by atoms with Gasteiger partial charge in [0.05, 0.1) is 0 Å². The molecule has 1 fully saturated rings. The second-order valence-electron chi connectivity index (χ2n) is 5.30. The average molecular weight is 256 g/mol. The molecule has 0 atom stereocenters. The fourth-order valence-electron chi connectivity index (χ4n) is 3.13. The molecule has 1 aromatic carbocycles. The quantitative estimate of drug-likeness (QED) is 0.895. The predicted molar refractivity (Wildman–Crippen MR) is 77.3 cm³/mol. The van der Waals surface area contributed by atoms with E-state index in [-0.39, 0.29) is 5.91 Å². The summed E-state index contributed by atoms with van der Waals surface area (Å²) in [6.07, 6.45) is 4.81. The maximum Gasteiger partial charge on any atom is 0.270 e. The molecule has 1 saturated carbocycles.